The number of aromatic nitrogens is 2. The Morgan fingerprint density at radius 1 is 1.53 bits per heavy atom. The van der Waals surface area contributed by atoms with E-state index >= 15 is 0 Å². The smallest absolute Gasteiger partial charge is 0.340 e. The molecule has 0 fully saturated rings. The largest absolute Gasteiger partial charge is 0.462 e. The van der Waals surface area contributed by atoms with E-state index in [0.717, 1.165) is 20.9 Å². The van der Waals surface area contributed by atoms with Crippen molar-refractivity contribution >= 4 is 27.7 Å². The molecule has 0 aromatic carbocycles. The quantitative estimate of drug-likeness (QED) is 0.806. The molecule has 0 amide bonds. The van der Waals surface area contributed by atoms with Crippen molar-refractivity contribution in [1.82, 2.24) is 9.97 Å². The van der Waals surface area contributed by atoms with Crippen LogP contribution in [0.1, 0.15) is 40.9 Å². The van der Waals surface area contributed by atoms with Gasteiger partial charge in [-0.2, -0.15) is 0 Å². The van der Waals surface area contributed by atoms with Gasteiger partial charge in [0.05, 0.1) is 23.3 Å². The molecule has 0 aliphatic carbocycles. The first kappa shape index (κ1) is 13.9. The lowest BCUT2D eigenvalue weighted by atomic mass is 10.0. The molecule has 19 heavy (non-hydrogen) atoms. The van der Waals surface area contributed by atoms with Crippen LogP contribution in [0.4, 0.5) is 0 Å². The highest BCUT2D eigenvalue weighted by Crippen LogP contribution is 2.31. The van der Waals surface area contributed by atoms with Crippen LogP contribution in [0.5, 0.6) is 0 Å². The first-order valence-electron chi connectivity index (χ1n) is 6.04. The topological polar surface area (TPSA) is 61.3 Å². The summed E-state index contributed by atoms with van der Waals surface area (Å²) in [4.78, 5) is 21.5. The van der Waals surface area contributed by atoms with Gasteiger partial charge in [-0.25, -0.2) is 14.8 Å². The summed E-state index contributed by atoms with van der Waals surface area (Å²) in [7, 11) is 1.60. The zero-order valence-electron chi connectivity index (χ0n) is 11.4. The van der Waals surface area contributed by atoms with E-state index in [2.05, 4.69) is 9.97 Å². The molecular weight excluding hydrogens is 264 g/mol. The number of carbonyl (C=O) groups excluding carboxylic acids is 1. The molecule has 0 bridgehead atoms. The average molecular weight is 280 g/mol. The Hall–Kier alpha value is -1.53. The maximum absolute atomic E-state index is 12.0. The van der Waals surface area contributed by atoms with E-state index in [1.165, 1.54) is 11.3 Å². The number of hydrogen-bond donors (Lipinski definition) is 0. The van der Waals surface area contributed by atoms with Crippen molar-refractivity contribution in [2.24, 2.45) is 0 Å². The van der Waals surface area contributed by atoms with Crippen LogP contribution in [0.2, 0.25) is 0 Å². The molecule has 2 aromatic rings. The van der Waals surface area contributed by atoms with E-state index in [0.29, 0.717) is 12.2 Å². The second kappa shape index (κ2) is 5.63. The fourth-order valence-electron chi connectivity index (χ4n) is 1.90. The number of ether oxygens (including phenoxy) is 2. The Balaban J connectivity index is 2.65. The SMILES string of the molecule is CCOC(=O)c1cnc2sc(C)nc2c1C(C)OC. The lowest BCUT2D eigenvalue weighted by Gasteiger charge is -2.14. The maximum Gasteiger partial charge on any atom is 0.340 e. The molecule has 0 aliphatic heterocycles. The zero-order chi connectivity index (χ0) is 14.0. The molecule has 0 saturated carbocycles. The fraction of sp³-hybridized carbons (Fsp3) is 0.462. The third-order valence-electron chi connectivity index (χ3n) is 2.83. The Kier molecular flexibility index (Phi) is 4.11. The Labute approximate surface area is 115 Å². The predicted octanol–water partition coefficient (Wildman–Crippen LogP) is 2.88. The van der Waals surface area contributed by atoms with Gasteiger partial charge in [-0.1, -0.05) is 11.3 Å². The molecule has 2 rings (SSSR count). The van der Waals surface area contributed by atoms with Crippen LogP contribution in [0.25, 0.3) is 10.3 Å². The van der Waals surface area contributed by atoms with Crippen LogP contribution in [0, 0.1) is 6.92 Å². The van der Waals surface area contributed by atoms with Crippen molar-refractivity contribution in [2.75, 3.05) is 13.7 Å². The van der Waals surface area contributed by atoms with Crippen LogP contribution < -0.4 is 0 Å². The molecule has 0 saturated heterocycles. The molecule has 1 unspecified atom stereocenters. The molecule has 0 radical (unpaired) electrons. The number of thiazole rings is 1. The van der Waals surface area contributed by atoms with Gasteiger partial charge in [0.2, 0.25) is 0 Å². The first-order valence-corrected chi connectivity index (χ1v) is 6.86. The van der Waals surface area contributed by atoms with Gasteiger partial charge in [-0.15, -0.1) is 0 Å². The number of carbonyl (C=O) groups is 1. The summed E-state index contributed by atoms with van der Waals surface area (Å²) in [5.74, 6) is -0.388. The average Bonchev–Trinajstić information content (AvgIpc) is 2.77. The van der Waals surface area contributed by atoms with E-state index in [-0.39, 0.29) is 12.1 Å². The van der Waals surface area contributed by atoms with Crippen molar-refractivity contribution in [3.05, 3.63) is 22.3 Å². The number of nitrogens with zero attached hydrogens (tertiary/aromatic N) is 2. The van der Waals surface area contributed by atoms with Gasteiger partial charge in [0, 0.05) is 18.9 Å². The fourth-order valence-corrected chi connectivity index (χ4v) is 2.67. The normalized spacial score (nSPS) is 12.6. The molecule has 5 nitrogen and oxygen atoms in total. The number of rotatable bonds is 4. The van der Waals surface area contributed by atoms with Crippen LogP contribution >= 0.6 is 11.3 Å². The Morgan fingerprint density at radius 3 is 2.89 bits per heavy atom. The van der Waals surface area contributed by atoms with Crippen LogP contribution in [0.15, 0.2) is 6.20 Å². The molecular formula is C13H16N2O3S. The monoisotopic (exact) mass is 280 g/mol. The summed E-state index contributed by atoms with van der Waals surface area (Å²) in [6.07, 6.45) is 1.30. The van der Waals surface area contributed by atoms with Crippen LogP contribution in [-0.2, 0) is 9.47 Å². The third-order valence-corrected chi connectivity index (χ3v) is 3.71. The van der Waals surface area contributed by atoms with Crippen molar-refractivity contribution in [1.29, 1.82) is 0 Å². The summed E-state index contributed by atoms with van der Waals surface area (Å²) in [5.41, 5.74) is 1.90. The number of fused-ring (bicyclic) bond motifs is 1. The molecule has 1 atom stereocenters. The number of aryl methyl sites for hydroxylation is 1. The molecule has 0 aliphatic rings. The van der Waals surface area contributed by atoms with Gasteiger partial charge >= 0.3 is 5.97 Å². The highest BCUT2D eigenvalue weighted by atomic mass is 32.1. The van der Waals surface area contributed by atoms with Gasteiger partial charge < -0.3 is 9.47 Å². The van der Waals surface area contributed by atoms with Gasteiger partial charge in [0.25, 0.3) is 0 Å². The summed E-state index contributed by atoms with van der Waals surface area (Å²) in [5, 5.41) is 0.910. The second-order valence-electron chi connectivity index (χ2n) is 4.07. The van der Waals surface area contributed by atoms with Gasteiger partial charge in [-0.3, -0.25) is 0 Å². The molecule has 2 aromatic heterocycles. The Morgan fingerprint density at radius 2 is 2.26 bits per heavy atom. The lowest BCUT2D eigenvalue weighted by Crippen LogP contribution is -2.12. The third kappa shape index (κ3) is 2.59. The van der Waals surface area contributed by atoms with Crippen LogP contribution in [-0.4, -0.2) is 29.7 Å². The number of methoxy groups -OCH3 is 1. The molecule has 102 valence electrons. The highest BCUT2D eigenvalue weighted by molar-refractivity contribution is 7.18. The molecule has 0 N–H and O–H groups in total. The van der Waals surface area contributed by atoms with Crippen molar-refractivity contribution < 1.29 is 14.3 Å². The van der Waals surface area contributed by atoms with Gasteiger partial charge in [0.15, 0.2) is 0 Å². The summed E-state index contributed by atoms with van der Waals surface area (Å²) in [6, 6.07) is 0. The Bertz CT molecular complexity index is 609. The number of hydrogen-bond acceptors (Lipinski definition) is 6. The number of pyridine rings is 1. The molecule has 0 spiro atoms. The van der Waals surface area contributed by atoms with E-state index in [1.54, 1.807) is 20.2 Å². The van der Waals surface area contributed by atoms with Gasteiger partial charge in [0.1, 0.15) is 10.3 Å². The van der Waals surface area contributed by atoms with E-state index < -0.39 is 0 Å². The summed E-state index contributed by atoms with van der Waals surface area (Å²) in [6.45, 7) is 5.90. The zero-order valence-corrected chi connectivity index (χ0v) is 12.2. The molecule has 6 heteroatoms. The summed E-state index contributed by atoms with van der Waals surface area (Å²) < 4.78 is 10.4. The van der Waals surface area contributed by atoms with Crippen molar-refractivity contribution in [3.8, 4) is 0 Å². The predicted molar refractivity (Wildman–Crippen MR) is 73.5 cm³/mol. The minimum absolute atomic E-state index is 0.244. The minimum atomic E-state index is -0.388. The number of esters is 1. The van der Waals surface area contributed by atoms with Crippen molar-refractivity contribution in [3.63, 3.8) is 0 Å². The maximum atomic E-state index is 12.0. The van der Waals surface area contributed by atoms with Crippen molar-refractivity contribution in [2.45, 2.75) is 26.9 Å². The molecule has 2 heterocycles. The lowest BCUT2D eigenvalue weighted by molar-refractivity contribution is 0.0515. The van der Waals surface area contributed by atoms with E-state index in [4.69, 9.17) is 9.47 Å². The van der Waals surface area contributed by atoms with Crippen LogP contribution in [0.3, 0.4) is 0 Å². The highest BCUT2D eigenvalue weighted by Gasteiger charge is 2.22. The standard InChI is InChI=1S/C13H16N2O3S/c1-5-18-13(16)9-6-14-12-11(15-8(3)19-12)10(9)7(2)17-4/h6-7H,5H2,1-4H3. The first-order chi connectivity index (χ1) is 9.08. The summed E-state index contributed by atoms with van der Waals surface area (Å²) >= 11 is 1.50. The second-order valence-corrected chi connectivity index (χ2v) is 5.25. The van der Waals surface area contributed by atoms with Gasteiger partial charge in [-0.05, 0) is 20.8 Å². The van der Waals surface area contributed by atoms with E-state index in [9.17, 15) is 4.79 Å². The minimum Gasteiger partial charge on any atom is -0.462 e. The van der Waals surface area contributed by atoms with E-state index in [1.807, 2.05) is 13.8 Å².